The van der Waals surface area contributed by atoms with Gasteiger partial charge in [0.15, 0.2) is 0 Å². The van der Waals surface area contributed by atoms with E-state index in [-0.39, 0.29) is 5.91 Å². The zero-order valence-corrected chi connectivity index (χ0v) is 18.3. The van der Waals surface area contributed by atoms with Gasteiger partial charge in [0, 0.05) is 34.9 Å². The molecular formula is C23H29ClN4O. The second-order valence-electron chi connectivity index (χ2n) is 7.76. The summed E-state index contributed by atoms with van der Waals surface area (Å²) in [7, 11) is 0. The van der Waals surface area contributed by atoms with E-state index in [4.69, 9.17) is 22.3 Å². The van der Waals surface area contributed by atoms with Gasteiger partial charge in [0.25, 0.3) is 5.91 Å². The monoisotopic (exact) mass is 412 g/mol. The third-order valence-corrected chi connectivity index (χ3v) is 5.72. The molecule has 0 aromatic heterocycles. The van der Waals surface area contributed by atoms with E-state index >= 15 is 0 Å². The first-order chi connectivity index (χ1) is 13.8. The molecule has 0 saturated carbocycles. The van der Waals surface area contributed by atoms with E-state index in [2.05, 4.69) is 18.7 Å². The fraction of sp³-hybridized carbons (Fsp3) is 0.391. The smallest absolute Gasteiger partial charge is 0.254 e. The number of likely N-dealkylation sites (N-methyl/N-ethyl adjacent to an activating group) is 1. The summed E-state index contributed by atoms with van der Waals surface area (Å²) in [5, 5.41) is 0.597. The standard InChI is InChI=1S/C23H29ClN4O/c1-5-27(6-2)13-14-28-20-12-11-16(25)15-18(20)21(26-23(3,4)22(28)29)17-9-7-8-10-19(17)24/h7-12,15H,5-6,13-14,25H2,1-4H3. The summed E-state index contributed by atoms with van der Waals surface area (Å²) >= 11 is 6.51. The number of benzene rings is 2. The van der Waals surface area contributed by atoms with E-state index in [1.807, 2.05) is 61.2 Å². The Kier molecular flexibility index (Phi) is 6.30. The summed E-state index contributed by atoms with van der Waals surface area (Å²) in [4.78, 5) is 22.5. The minimum atomic E-state index is -0.925. The van der Waals surface area contributed by atoms with E-state index in [1.165, 1.54) is 0 Å². The van der Waals surface area contributed by atoms with Crippen LogP contribution in [0.25, 0.3) is 0 Å². The summed E-state index contributed by atoms with van der Waals surface area (Å²) in [6.07, 6.45) is 0. The van der Waals surface area contributed by atoms with Gasteiger partial charge in [0.05, 0.1) is 11.4 Å². The van der Waals surface area contributed by atoms with Crippen molar-refractivity contribution in [1.29, 1.82) is 0 Å². The normalized spacial score (nSPS) is 15.9. The molecule has 0 aliphatic carbocycles. The third-order valence-electron chi connectivity index (χ3n) is 5.39. The average molecular weight is 413 g/mol. The number of nitrogen functional groups attached to an aromatic ring is 1. The zero-order chi connectivity index (χ0) is 21.2. The topological polar surface area (TPSA) is 61.9 Å². The Bertz CT molecular complexity index is 934. The van der Waals surface area contributed by atoms with Gasteiger partial charge in [-0.05, 0) is 51.2 Å². The molecule has 1 aliphatic rings. The number of carbonyl (C=O) groups excluding carboxylic acids is 1. The number of benzodiazepines with no additional fused rings is 1. The molecule has 1 aliphatic heterocycles. The number of carbonyl (C=O) groups is 1. The molecule has 3 rings (SSSR count). The second kappa shape index (κ2) is 8.56. The maximum absolute atomic E-state index is 13.5. The van der Waals surface area contributed by atoms with Crippen molar-refractivity contribution in [2.75, 3.05) is 36.8 Å². The van der Waals surface area contributed by atoms with Crippen LogP contribution < -0.4 is 10.6 Å². The highest BCUT2D eigenvalue weighted by Crippen LogP contribution is 2.34. The van der Waals surface area contributed by atoms with Gasteiger partial charge in [-0.2, -0.15) is 0 Å². The highest BCUT2D eigenvalue weighted by Gasteiger charge is 2.38. The molecule has 1 amide bonds. The number of hydrogen-bond acceptors (Lipinski definition) is 4. The van der Waals surface area contributed by atoms with Gasteiger partial charge in [-0.3, -0.25) is 9.79 Å². The van der Waals surface area contributed by atoms with E-state index < -0.39 is 5.54 Å². The predicted molar refractivity (Wildman–Crippen MR) is 122 cm³/mol. The van der Waals surface area contributed by atoms with Gasteiger partial charge in [0.1, 0.15) is 5.54 Å². The molecule has 0 fully saturated rings. The van der Waals surface area contributed by atoms with Crippen LogP contribution in [-0.4, -0.2) is 48.2 Å². The summed E-state index contributed by atoms with van der Waals surface area (Å²) < 4.78 is 0. The molecule has 5 nitrogen and oxygen atoms in total. The number of halogens is 1. The van der Waals surface area contributed by atoms with Crippen molar-refractivity contribution in [3.05, 3.63) is 58.6 Å². The van der Waals surface area contributed by atoms with Crippen LogP contribution >= 0.6 is 11.6 Å². The molecule has 2 aromatic carbocycles. The molecule has 2 aromatic rings. The van der Waals surface area contributed by atoms with Crippen molar-refractivity contribution in [3.8, 4) is 0 Å². The summed E-state index contributed by atoms with van der Waals surface area (Å²) in [6, 6.07) is 13.2. The number of nitrogens with zero attached hydrogens (tertiary/aromatic N) is 3. The van der Waals surface area contributed by atoms with Crippen LogP contribution in [0.4, 0.5) is 11.4 Å². The number of rotatable bonds is 6. The minimum Gasteiger partial charge on any atom is -0.399 e. The summed E-state index contributed by atoms with van der Waals surface area (Å²) in [5.41, 5.74) is 8.97. The third kappa shape index (κ3) is 4.31. The maximum atomic E-state index is 13.5. The second-order valence-corrected chi connectivity index (χ2v) is 8.17. The largest absolute Gasteiger partial charge is 0.399 e. The number of amides is 1. The van der Waals surface area contributed by atoms with Crippen LogP contribution in [-0.2, 0) is 4.79 Å². The van der Waals surface area contributed by atoms with Crippen LogP contribution in [0.1, 0.15) is 38.8 Å². The van der Waals surface area contributed by atoms with Gasteiger partial charge in [0.2, 0.25) is 0 Å². The van der Waals surface area contributed by atoms with Crippen molar-refractivity contribution < 1.29 is 4.79 Å². The van der Waals surface area contributed by atoms with Crippen molar-refractivity contribution in [2.24, 2.45) is 4.99 Å². The van der Waals surface area contributed by atoms with Gasteiger partial charge in [-0.25, -0.2) is 0 Å². The fourth-order valence-electron chi connectivity index (χ4n) is 3.67. The lowest BCUT2D eigenvalue weighted by Crippen LogP contribution is -2.46. The average Bonchev–Trinajstić information content (AvgIpc) is 2.77. The molecule has 1 heterocycles. The number of nitrogens with two attached hydrogens (primary N) is 1. The quantitative estimate of drug-likeness (QED) is 0.722. The highest BCUT2D eigenvalue weighted by atomic mass is 35.5. The first-order valence-electron chi connectivity index (χ1n) is 10.1. The van der Waals surface area contributed by atoms with E-state index in [1.54, 1.807) is 0 Å². The van der Waals surface area contributed by atoms with Crippen LogP contribution in [0.2, 0.25) is 5.02 Å². The zero-order valence-electron chi connectivity index (χ0n) is 17.6. The van der Waals surface area contributed by atoms with Gasteiger partial charge >= 0.3 is 0 Å². The first-order valence-corrected chi connectivity index (χ1v) is 10.4. The Morgan fingerprint density at radius 1 is 1.10 bits per heavy atom. The van der Waals surface area contributed by atoms with Gasteiger partial charge < -0.3 is 15.5 Å². The Morgan fingerprint density at radius 2 is 1.79 bits per heavy atom. The minimum absolute atomic E-state index is 0.0299. The Balaban J connectivity index is 2.17. The van der Waals surface area contributed by atoms with Gasteiger partial charge in [-0.1, -0.05) is 43.6 Å². The molecule has 0 saturated heterocycles. The maximum Gasteiger partial charge on any atom is 0.254 e. The van der Waals surface area contributed by atoms with Crippen molar-refractivity contribution >= 4 is 34.6 Å². The number of anilines is 2. The lowest BCUT2D eigenvalue weighted by atomic mass is 9.99. The van der Waals surface area contributed by atoms with Crippen LogP contribution in [0, 0.1) is 0 Å². The first kappa shape index (κ1) is 21.3. The molecule has 0 unspecified atom stereocenters. The summed E-state index contributed by atoms with van der Waals surface area (Å²) in [6.45, 7) is 11.2. The molecule has 0 bridgehead atoms. The van der Waals surface area contributed by atoms with Crippen molar-refractivity contribution in [2.45, 2.75) is 33.2 Å². The molecular weight excluding hydrogens is 384 g/mol. The van der Waals surface area contributed by atoms with Crippen molar-refractivity contribution in [3.63, 3.8) is 0 Å². The predicted octanol–water partition coefficient (Wildman–Crippen LogP) is 4.23. The molecule has 29 heavy (non-hydrogen) atoms. The molecule has 154 valence electrons. The van der Waals surface area contributed by atoms with Crippen LogP contribution in [0.15, 0.2) is 47.5 Å². The number of hydrogen-bond donors (Lipinski definition) is 1. The molecule has 2 N–H and O–H groups in total. The SMILES string of the molecule is CCN(CC)CCN1C(=O)C(C)(C)N=C(c2ccccc2Cl)c2cc(N)ccc21. The lowest BCUT2D eigenvalue weighted by Gasteiger charge is -2.30. The molecule has 0 atom stereocenters. The van der Waals surface area contributed by atoms with Crippen LogP contribution in [0.3, 0.4) is 0 Å². The molecule has 0 radical (unpaired) electrons. The number of aliphatic imine (C=N–C) groups is 1. The Labute approximate surface area is 178 Å². The van der Waals surface area contributed by atoms with E-state index in [9.17, 15) is 4.79 Å². The fourth-order valence-corrected chi connectivity index (χ4v) is 3.89. The molecule has 0 spiro atoms. The highest BCUT2D eigenvalue weighted by molar-refractivity contribution is 6.36. The Morgan fingerprint density at radius 3 is 2.45 bits per heavy atom. The number of fused-ring (bicyclic) bond motifs is 1. The lowest BCUT2D eigenvalue weighted by molar-refractivity contribution is -0.122. The van der Waals surface area contributed by atoms with Crippen molar-refractivity contribution in [1.82, 2.24) is 4.90 Å². The van der Waals surface area contributed by atoms with E-state index in [0.29, 0.717) is 23.0 Å². The van der Waals surface area contributed by atoms with Gasteiger partial charge in [-0.15, -0.1) is 0 Å². The molecule has 6 heteroatoms. The van der Waals surface area contributed by atoms with Crippen LogP contribution in [0.5, 0.6) is 0 Å². The Hall–Kier alpha value is -2.37. The summed E-state index contributed by atoms with van der Waals surface area (Å²) in [5.74, 6) is -0.0299. The van der Waals surface area contributed by atoms with E-state index in [0.717, 1.165) is 36.4 Å².